The first-order valence-corrected chi connectivity index (χ1v) is 7.43. The minimum Gasteiger partial charge on any atom is -0.495 e. The average molecular weight is 357 g/mol. The maximum Gasteiger partial charge on any atom is 0.322 e. The summed E-state index contributed by atoms with van der Waals surface area (Å²) < 4.78 is 6.03. The van der Waals surface area contributed by atoms with E-state index in [9.17, 15) is 9.59 Å². The number of amides is 2. The number of halogens is 1. The molecule has 1 heterocycles. The van der Waals surface area contributed by atoms with Gasteiger partial charge in [-0.1, -0.05) is 15.9 Å². The van der Waals surface area contributed by atoms with Crippen molar-refractivity contribution in [3.8, 4) is 5.75 Å². The van der Waals surface area contributed by atoms with Crippen LogP contribution in [0.4, 0.5) is 10.5 Å². The molecule has 2 amide bonds. The van der Waals surface area contributed by atoms with E-state index in [1.807, 2.05) is 6.07 Å². The lowest BCUT2D eigenvalue weighted by molar-refractivity contribution is -0.137. The van der Waals surface area contributed by atoms with Crippen molar-refractivity contribution in [1.29, 1.82) is 0 Å². The van der Waals surface area contributed by atoms with E-state index in [0.29, 0.717) is 18.0 Å². The van der Waals surface area contributed by atoms with E-state index >= 15 is 0 Å². The Labute approximate surface area is 131 Å². The number of urea groups is 1. The van der Waals surface area contributed by atoms with Crippen molar-refractivity contribution in [2.45, 2.75) is 25.3 Å². The number of carbonyl (C=O) groups is 2. The van der Waals surface area contributed by atoms with Gasteiger partial charge in [0.25, 0.3) is 0 Å². The maximum atomic E-state index is 12.3. The summed E-state index contributed by atoms with van der Waals surface area (Å²) in [7, 11) is 1.53. The molecule has 114 valence electrons. The normalized spacial score (nSPS) is 17.6. The molecule has 2 rings (SSSR count). The number of methoxy groups -OCH3 is 1. The molecule has 1 aliphatic heterocycles. The summed E-state index contributed by atoms with van der Waals surface area (Å²) >= 11 is 3.35. The molecule has 0 aliphatic carbocycles. The summed E-state index contributed by atoms with van der Waals surface area (Å²) in [6, 6.07) is 4.77. The van der Waals surface area contributed by atoms with E-state index in [1.165, 1.54) is 7.11 Å². The van der Waals surface area contributed by atoms with Gasteiger partial charge in [0.05, 0.1) is 19.2 Å². The van der Waals surface area contributed by atoms with Crippen LogP contribution in [0.25, 0.3) is 0 Å². The van der Waals surface area contributed by atoms with Crippen LogP contribution < -0.4 is 10.1 Å². The second-order valence-electron chi connectivity index (χ2n) is 4.86. The molecule has 1 unspecified atom stereocenters. The zero-order valence-corrected chi connectivity index (χ0v) is 13.2. The Morgan fingerprint density at radius 1 is 1.52 bits per heavy atom. The summed E-state index contributed by atoms with van der Waals surface area (Å²) in [6.45, 7) is 0.570. The quantitative estimate of drug-likeness (QED) is 0.869. The molecule has 7 heteroatoms. The molecular weight excluding hydrogens is 340 g/mol. The van der Waals surface area contributed by atoms with E-state index in [0.717, 1.165) is 17.3 Å². The van der Waals surface area contributed by atoms with Gasteiger partial charge in [-0.05, 0) is 31.0 Å². The number of nitrogens with one attached hydrogen (secondary N) is 1. The highest BCUT2D eigenvalue weighted by Crippen LogP contribution is 2.29. The van der Waals surface area contributed by atoms with Crippen molar-refractivity contribution in [1.82, 2.24) is 4.90 Å². The number of benzene rings is 1. The molecule has 0 radical (unpaired) electrons. The number of anilines is 1. The Morgan fingerprint density at radius 2 is 2.29 bits per heavy atom. The number of likely N-dealkylation sites (tertiary alicyclic amines) is 1. The molecule has 6 nitrogen and oxygen atoms in total. The van der Waals surface area contributed by atoms with Crippen LogP contribution in [0.2, 0.25) is 0 Å². The molecule has 1 aromatic rings. The third kappa shape index (κ3) is 3.87. The number of hydrogen-bond donors (Lipinski definition) is 2. The van der Waals surface area contributed by atoms with Crippen molar-refractivity contribution >= 4 is 33.6 Å². The maximum absolute atomic E-state index is 12.3. The molecule has 0 aromatic heterocycles. The lowest BCUT2D eigenvalue weighted by atomic mass is 10.1. The van der Waals surface area contributed by atoms with Crippen molar-refractivity contribution in [2.75, 3.05) is 19.0 Å². The number of carboxylic acid groups (broad SMARTS) is 1. The largest absolute Gasteiger partial charge is 0.495 e. The minimum absolute atomic E-state index is 0.0248. The Hall–Kier alpha value is -1.76. The third-order valence-corrected chi connectivity index (χ3v) is 3.94. The van der Waals surface area contributed by atoms with Gasteiger partial charge >= 0.3 is 12.0 Å². The van der Waals surface area contributed by atoms with E-state index in [4.69, 9.17) is 9.84 Å². The van der Waals surface area contributed by atoms with E-state index in [1.54, 1.807) is 17.0 Å². The van der Waals surface area contributed by atoms with Gasteiger partial charge in [-0.15, -0.1) is 0 Å². The third-order valence-electron chi connectivity index (χ3n) is 3.45. The zero-order valence-electron chi connectivity index (χ0n) is 11.6. The molecule has 0 spiro atoms. The fraction of sp³-hybridized carbons (Fsp3) is 0.429. The summed E-state index contributed by atoms with van der Waals surface area (Å²) in [6.07, 6.45) is 1.51. The highest BCUT2D eigenvalue weighted by atomic mass is 79.9. The highest BCUT2D eigenvalue weighted by Gasteiger charge is 2.30. The van der Waals surface area contributed by atoms with Crippen molar-refractivity contribution in [3.63, 3.8) is 0 Å². The number of hydrogen-bond acceptors (Lipinski definition) is 3. The Morgan fingerprint density at radius 3 is 2.95 bits per heavy atom. The number of aliphatic carboxylic acids is 1. The second kappa shape index (κ2) is 6.80. The van der Waals surface area contributed by atoms with Gasteiger partial charge in [0.15, 0.2) is 0 Å². The SMILES string of the molecule is COc1ccc(Br)cc1NC(=O)N1CCCC1CC(=O)O. The van der Waals surface area contributed by atoms with Crippen LogP contribution in [0.5, 0.6) is 5.75 Å². The smallest absolute Gasteiger partial charge is 0.322 e. The predicted molar refractivity (Wildman–Crippen MR) is 81.7 cm³/mol. The van der Waals surface area contributed by atoms with Crippen LogP contribution in [-0.2, 0) is 4.79 Å². The van der Waals surface area contributed by atoms with Gasteiger partial charge in [0, 0.05) is 17.1 Å². The molecule has 21 heavy (non-hydrogen) atoms. The Kier molecular flexibility index (Phi) is 5.06. The first kappa shape index (κ1) is 15.6. The Balaban J connectivity index is 2.10. The van der Waals surface area contributed by atoms with Crippen LogP contribution in [0.15, 0.2) is 22.7 Å². The number of rotatable bonds is 4. The van der Waals surface area contributed by atoms with Gasteiger partial charge < -0.3 is 20.1 Å². The number of carboxylic acids is 1. The Bertz CT molecular complexity index is 550. The zero-order chi connectivity index (χ0) is 15.4. The lowest BCUT2D eigenvalue weighted by Gasteiger charge is -2.24. The number of ether oxygens (including phenoxy) is 1. The molecule has 2 N–H and O–H groups in total. The van der Waals surface area contributed by atoms with Crippen molar-refractivity contribution in [2.24, 2.45) is 0 Å². The molecular formula is C14H17BrN2O4. The molecule has 0 bridgehead atoms. The van der Waals surface area contributed by atoms with Gasteiger partial charge in [0.2, 0.25) is 0 Å². The summed E-state index contributed by atoms with van der Waals surface area (Å²) in [5.41, 5.74) is 0.554. The first-order valence-electron chi connectivity index (χ1n) is 6.64. The predicted octanol–water partition coefficient (Wildman–Crippen LogP) is 2.93. The van der Waals surface area contributed by atoms with E-state index in [2.05, 4.69) is 21.2 Å². The average Bonchev–Trinajstić information content (AvgIpc) is 2.86. The molecule has 1 atom stereocenters. The molecule has 1 aromatic carbocycles. The van der Waals surface area contributed by atoms with Gasteiger partial charge in [-0.3, -0.25) is 4.79 Å². The van der Waals surface area contributed by atoms with Crippen LogP contribution in [0.3, 0.4) is 0 Å². The molecule has 0 saturated carbocycles. The second-order valence-corrected chi connectivity index (χ2v) is 5.78. The van der Waals surface area contributed by atoms with Crippen molar-refractivity contribution < 1.29 is 19.4 Å². The first-order chi connectivity index (χ1) is 10.0. The van der Waals surface area contributed by atoms with Gasteiger partial charge in [-0.25, -0.2) is 4.79 Å². The molecule has 1 saturated heterocycles. The summed E-state index contributed by atoms with van der Waals surface area (Å²) in [5, 5.41) is 11.7. The number of carbonyl (C=O) groups excluding carboxylic acids is 1. The standard InChI is InChI=1S/C14H17BrN2O4/c1-21-12-5-4-9(15)7-11(12)16-14(20)17-6-2-3-10(17)8-13(18)19/h4-5,7,10H,2-3,6,8H2,1H3,(H,16,20)(H,18,19). The fourth-order valence-corrected chi connectivity index (χ4v) is 2.84. The van der Waals surface area contributed by atoms with Crippen LogP contribution in [0, 0.1) is 0 Å². The molecule has 1 aliphatic rings. The fourth-order valence-electron chi connectivity index (χ4n) is 2.48. The van der Waals surface area contributed by atoms with E-state index in [-0.39, 0.29) is 18.5 Å². The highest BCUT2D eigenvalue weighted by molar-refractivity contribution is 9.10. The summed E-state index contributed by atoms with van der Waals surface area (Å²) in [5.74, 6) is -0.333. The van der Waals surface area contributed by atoms with Crippen LogP contribution >= 0.6 is 15.9 Å². The number of nitrogens with zero attached hydrogens (tertiary/aromatic N) is 1. The van der Waals surface area contributed by atoms with Gasteiger partial charge in [-0.2, -0.15) is 0 Å². The lowest BCUT2D eigenvalue weighted by Crippen LogP contribution is -2.39. The monoisotopic (exact) mass is 356 g/mol. The van der Waals surface area contributed by atoms with Crippen LogP contribution in [0.1, 0.15) is 19.3 Å². The minimum atomic E-state index is -0.889. The van der Waals surface area contributed by atoms with E-state index < -0.39 is 5.97 Å². The van der Waals surface area contributed by atoms with Gasteiger partial charge in [0.1, 0.15) is 5.75 Å². The molecule has 1 fully saturated rings. The van der Waals surface area contributed by atoms with Crippen molar-refractivity contribution in [3.05, 3.63) is 22.7 Å². The topological polar surface area (TPSA) is 78.9 Å². The summed E-state index contributed by atoms with van der Waals surface area (Å²) in [4.78, 5) is 24.8. The van der Waals surface area contributed by atoms with Crippen LogP contribution in [-0.4, -0.2) is 41.7 Å².